The van der Waals surface area contributed by atoms with Crippen LogP contribution in [0.5, 0.6) is 0 Å². The maximum Gasteiger partial charge on any atom is 0.243 e. The van der Waals surface area contributed by atoms with E-state index in [9.17, 15) is 13.2 Å². The van der Waals surface area contributed by atoms with Gasteiger partial charge in [-0.3, -0.25) is 4.79 Å². The van der Waals surface area contributed by atoms with Gasteiger partial charge in [-0.1, -0.05) is 49.4 Å². The third kappa shape index (κ3) is 5.03. The zero-order chi connectivity index (χ0) is 21.6. The number of benzene rings is 2. The third-order valence-corrected chi connectivity index (χ3v) is 6.98. The van der Waals surface area contributed by atoms with Crippen LogP contribution >= 0.6 is 0 Å². The highest BCUT2D eigenvalue weighted by molar-refractivity contribution is 7.89. The molecule has 9 heteroatoms. The SMILES string of the molecule is CCN(CC)S(=O)(=O)c1ccc2c(c1)nnn2CCCC(=O)NCc1ccccc1. The first kappa shape index (κ1) is 21.9. The van der Waals surface area contributed by atoms with Crippen molar-refractivity contribution in [3.05, 3.63) is 54.1 Å². The van der Waals surface area contributed by atoms with Gasteiger partial charge in [-0.25, -0.2) is 13.1 Å². The van der Waals surface area contributed by atoms with Crippen LogP contribution in [0, 0.1) is 0 Å². The molecule has 1 aromatic heterocycles. The Morgan fingerprint density at radius 1 is 1.10 bits per heavy atom. The maximum absolute atomic E-state index is 12.7. The number of aromatic nitrogens is 3. The Labute approximate surface area is 176 Å². The van der Waals surface area contributed by atoms with Gasteiger partial charge in [-0.2, -0.15) is 4.31 Å². The number of nitrogens with zero attached hydrogens (tertiary/aromatic N) is 4. The molecule has 30 heavy (non-hydrogen) atoms. The first-order valence-electron chi connectivity index (χ1n) is 10.1. The molecule has 0 saturated heterocycles. The standard InChI is InChI=1S/C21H27N5O3S/c1-3-25(4-2)30(28,29)18-12-13-20-19(15-18)23-24-26(20)14-8-11-21(27)22-16-17-9-6-5-7-10-17/h5-7,9-10,12-13,15H,3-4,8,11,14,16H2,1-2H3,(H,22,27). The number of fused-ring (bicyclic) bond motifs is 1. The van der Waals surface area contributed by atoms with E-state index in [4.69, 9.17) is 0 Å². The molecule has 0 spiro atoms. The molecule has 2 aromatic carbocycles. The van der Waals surface area contributed by atoms with Crippen molar-refractivity contribution in [3.63, 3.8) is 0 Å². The van der Waals surface area contributed by atoms with Crippen LogP contribution in [0.3, 0.4) is 0 Å². The quantitative estimate of drug-likeness (QED) is 0.534. The highest BCUT2D eigenvalue weighted by atomic mass is 32.2. The Morgan fingerprint density at radius 2 is 1.83 bits per heavy atom. The summed E-state index contributed by atoms with van der Waals surface area (Å²) in [6.45, 7) is 5.48. The highest BCUT2D eigenvalue weighted by Crippen LogP contribution is 2.20. The van der Waals surface area contributed by atoms with Crippen LogP contribution in [0.15, 0.2) is 53.4 Å². The predicted molar refractivity (Wildman–Crippen MR) is 115 cm³/mol. The van der Waals surface area contributed by atoms with E-state index in [0.717, 1.165) is 11.1 Å². The van der Waals surface area contributed by atoms with Crippen LogP contribution in [-0.2, 0) is 27.9 Å². The number of aryl methyl sites for hydroxylation is 1. The topological polar surface area (TPSA) is 97.2 Å². The molecule has 1 amide bonds. The lowest BCUT2D eigenvalue weighted by atomic mass is 10.2. The van der Waals surface area contributed by atoms with Crippen molar-refractivity contribution >= 4 is 27.0 Å². The fraction of sp³-hybridized carbons (Fsp3) is 0.381. The third-order valence-electron chi connectivity index (χ3n) is 4.93. The zero-order valence-electron chi connectivity index (χ0n) is 17.3. The summed E-state index contributed by atoms with van der Waals surface area (Å²) in [7, 11) is -3.54. The Morgan fingerprint density at radius 3 is 2.53 bits per heavy atom. The summed E-state index contributed by atoms with van der Waals surface area (Å²) in [4.78, 5) is 12.3. The first-order valence-corrected chi connectivity index (χ1v) is 11.5. The van der Waals surface area contributed by atoms with Crippen molar-refractivity contribution in [3.8, 4) is 0 Å². The molecule has 3 aromatic rings. The Balaban J connectivity index is 1.59. The van der Waals surface area contributed by atoms with Gasteiger partial charge in [0.25, 0.3) is 0 Å². The van der Waals surface area contributed by atoms with Crippen LogP contribution in [0.1, 0.15) is 32.3 Å². The molecule has 0 unspecified atom stereocenters. The molecule has 1 N–H and O–H groups in total. The number of carbonyl (C=O) groups excluding carboxylic acids is 1. The smallest absolute Gasteiger partial charge is 0.243 e. The Hall–Kier alpha value is -2.78. The van der Waals surface area contributed by atoms with Crippen molar-refractivity contribution in [2.45, 2.75) is 44.7 Å². The van der Waals surface area contributed by atoms with E-state index in [2.05, 4.69) is 15.6 Å². The molecular weight excluding hydrogens is 402 g/mol. The van der Waals surface area contributed by atoms with Crippen molar-refractivity contribution < 1.29 is 13.2 Å². The number of nitrogens with one attached hydrogen (secondary N) is 1. The second kappa shape index (κ2) is 9.82. The summed E-state index contributed by atoms with van der Waals surface area (Å²) in [5.74, 6) is -0.0177. The van der Waals surface area contributed by atoms with Crippen molar-refractivity contribution in [1.82, 2.24) is 24.6 Å². The second-order valence-corrected chi connectivity index (χ2v) is 8.86. The van der Waals surface area contributed by atoms with Gasteiger partial charge in [0.15, 0.2) is 0 Å². The summed E-state index contributed by atoms with van der Waals surface area (Å²) >= 11 is 0. The molecule has 0 aliphatic heterocycles. The second-order valence-electron chi connectivity index (χ2n) is 6.92. The maximum atomic E-state index is 12.7. The zero-order valence-corrected chi connectivity index (χ0v) is 18.1. The van der Waals surface area contributed by atoms with Crippen molar-refractivity contribution in [1.29, 1.82) is 0 Å². The number of rotatable bonds is 10. The average molecular weight is 430 g/mol. The molecule has 3 rings (SSSR count). The molecule has 0 atom stereocenters. The Bertz CT molecular complexity index is 1090. The van der Waals surface area contributed by atoms with Gasteiger partial charge in [-0.15, -0.1) is 5.10 Å². The highest BCUT2D eigenvalue weighted by Gasteiger charge is 2.22. The fourth-order valence-electron chi connectivity index (χ4n) is 3.26. The van der Waals surface area contributed by atoms with E-state index >= 15 is 0 Å². The molecule has 0 aliphatic carbocycles. The molecule has 0 saturated carbocycles. The van der Waals surface area contributed by atoms with Gasteiger partial charge < -0.3 is 5.32 Å². The summed E-state index contributed by atoms with van der Waals surface area (Å²) in [5, 5.41) is 11.1. The van der Waals surface area contributed by atoms with Gasteiger partial charge in [0.05, 0.1) is 10.4 Å². The Kier molecular flexibility index (Phi) is 7.17. The van der Waals surface area contributed by atoms with E-state index in [1.165, 1.54) is 4.31 Å². The van der Waals surface area contributed by atoms with Crippen LogP contribution < -0.4 is 5.32 Å². The first-order chi connectivity index (χ1) is 14.5. The molecule has 8 nitrogen and oxygen atoms in total. The van der Waals surface area contributed by atoms with Crippen LogP contribution in [0.4, 0.5) is 0 Å². The number of amides is 1. The summed E-state index contributed by atoms with van der Waals surface area (Å²) < 4.78 is 28.5. The van der Waals surface area contributed by atoms with E-state index in [-0.39, 0.29) is 10.8 Å². The molecule has 1 heterocycles. The van der Waals surface area contributed by atoms with Gasteiger partial charge >= 0.3 is 0 Å². The predicted octanol–water partition coefficient (Wildman–Crippen LogP) is 2.56. The largest absolute Gasteiger partial charge is 0.352 e. The van der Waals surface area contributed by atoms with Crippen LogP contribution in [-0.4, -0.2) is 46.7 Å². The van der Waals surface area contributed by atoms with Gasteiger partial charge in [-0.05, 0) is 30.2 Å². The van der Waals surface area contributed by atoms with Crippen LogP contribution in [0.25, 0.3) is 11.0 Å². The molecule has 0 bridgehead atoms. The minimum absolute atomic E-state index is 0.0177. The molecule has 0 aliphatic rings. The van der Waals surface area contributed by atoms with E-state index in [0.29, 0.717) is 44.5 Å². The van der Waals surface area contributed by atoms with E-state index < -0.39 is 10.0 Å². The minimum atomic E-state index is -3.54. The number of carbonyl (C=O) groups is 1. The fourth-order valence-corrected chi connectivity index (χ4v) is 4.74. The summed E-state index contributed by atoms with van der Waals surface area (Å²) in [6, 6.07) is 14.6. The molecular formula is C21H27N5O3S. The van der Waals surface area contributed by atoms with Gasteiger partial charge in [0.1, 0.15) is 5.52 Å². The molecule has 0 radical (unpaired) electrons. The number of hydrogen-bond donors (Lipinski definition) is 1. The van der Waals surface area contributed by atoms with E-state index in [1.807, 2.05) is 44.2 Å². The van der Waals surface area contributed by atoms with E-state index in [1.54, 1.807) is 22.9 Å². The lowest BCUT2D eigenvalue weighted by molar-refractivity contribution is -0.121. The normalized spacial score (nSPS) is 11.8. The van der Waals surface area contributed by atoms with Crippen molar-refractivity contribution in [2.75, 3.05) is 13.1 Å². The summed E-state index contributed by atoms with van der Waals surface area (Å²) in [5.41, 5.74) is 2.33. The summed E-state index contributed by atoms with van der Waals surface area (Å²) in [6.07, 6.45) is 0.987. The number of sulfonamides is 1. The lowest BCUT2D eigenvalue weighted by Gasteiger charge is -2.18. The number of hydrogen-bond acceptors (Lipinski definition) is 5. The van der Waals surface area contributed by atoms with Gasteiger partial charge in [0, 0.05) is 32.6 Å². The average Bonchev–Trinajstić information content (AvgIpc) is 3.16. The minimum Gasteiger partial charge on any atom is -0.352 e. The monoisotopic (exact) mass is 429 g/mol. The molecule has 160 valence electrons. The van der Waals surface area contributed by atoms with Crippen molar-refractivity contribution in [2.24, 2.45) is 0 Å². The molecule has 0 fully saturated rings. The van der Waals surface area contributed by atoms with Crippen LogP contribution in [0.2, 0.25) is 0 Å². The van der Waals surface area contributed by atoms with Gasteiger partial charge in [0.2, 0.25) is 15.9 Å². The lowest BCUT2D eigenvalue weighted by Crippen LogP contribution is -2.30.